The standard InChI is InChI=1S/C7H13BrN2O/c1-11-5-4-10-3-2-9-6-7(10)8/h2-3,7,9H,4-6H2,1H3. The second-order valence-corrected chi connectivity index (χ2v) is 3.45. The normalized spacial score (nSPS) is 23.5. The van der Waals surface area contributed by atoms with Gasteiger partial charge in [0.2, 0.25) is 0 Å². The Kier molecular flexibility index (Phi) is 3.72. The van der Waals surface area contributed by atoms with Crippen LogP contribution >= 0.6 is 15.9 Å². The number of hydrogen-bond donors (Lipinski definition) is 1. The second kappa shape index (κ2) is 4.62. The molecule has 1 atom stereocenters. The molecule has 0 aromatic heterocycles. The summed E-state index contributed by atoms with van der Waals surface area (Å²) in [6.07, 6.45) is 3.98. The Balaban J connectivity index is 2.29. The zero-order valence-electron chi connectivity index (χ0n) is 6.59. The SMILES string of the molecule is COCCN1C=CNCC1Br. The van der Waals surface area contributed by atoms with Crippen LogP contribution in [0.15, 0.2) is 12.4 Å². The molecule has 4 heteroatoms. The van der Waals surface area contributed by atoms with Gasteiger partial charge in [-0.3, -0.25) is 0 Å². The molecule has 0 aromatic carbocycles. The molecule has 3 nitrogen and oxygen atoms in total. The first-order valence-corrected chi connectivity index (χ1v) is 4.55. The summed E-state index contributed by atoms with van der Waals surface area (Å²) in [7, 11) is 1.72. The van der Waals surface area contributed by atoms with Crippen LogP contribution in [0.2, 0.25) is 0 Å². The molecule has 1 aliphatic rings. The summed E-state index contributed by atoms with van der Waals surface area (Å²) in [6, 6.07) is 0. The Morgan fingerprint density at radius 3 is 3.27 bits per heavy atom. The number of alkyl halides is 1. The summed E-state index contributed by atoms with van der Waals surface area (Å²) in [5.41, 5.74) is 0. The summed E-state index contributed by atoms with van der Waals surface area (Å²) in [5, 5.41) is 3.13. The van der Waals surface area contributed by atoms with Crippen molar-refractivity contribution in [2.24, 2.45) is 0 Å². The number of halogens is 1. The van der Waals surface area contributed by atoms with Gasteiger partial charge in [0.1, 0.15) is 4.95 Å². The molecule has 1 unspecified atom stereocenters. The third kappa shape index (κ3) is 2.71. The summed E-state index contributed by atoms with van der Waals surface area (Å²) >= 11 is 3.54. The predicted molar refractivity (Wildman–Crippen MR) is 48.4 cm³/mol. The first kappa shape index (κ1) is 8.87. The van der Waals surface area contributed by atoms with Crippen LogP contribution < -0.4 is 5.32 Å². The highest BCUT2D eigenvalue weighted by Crippen LogP contribution is 2.09. The molecule has 0 saturated carbocycles. The molecule has 0 amide bonds. The Morgan fingerprint density at radius 2 is 2.64 bits per heavy atom. The lowest BCUT2D eigenvalue weighted by atomic mass is 10.4. The highest BCUT2D eigenvalue weighted by Gasteiger charge is 2.12. The van der Waals surface area contributed by atoms with Gasteiger partial charge in [0.05, 0.1) is 6.61 Å². The van der Waals surface area contributed by atoms with E-state index in [4.69, 9.17) is 4.74 Å². The molecule has 0 fully saturated rings. The third-order valence-electron chi connectivity index (χ3n) is 1.58. The fraction of sp³-hybridized carbons (Fsp3) is 0.714. The molecule has 1 aliphatic heterocycles. The van der Waals surface area contributed by atoms with Crippen molar-refractivity contribution in [2.45, 2.75) is 4.95 Å². The molecule has 0 saturated heterocycles. The van der Waals surface area contributed by atoms with E-state index in [9.17, 15) is 0 Å². The van der Waals surface area contributed by atoms with E-state index in [0.29, 0.717) is 4.95 Å². The molecule has 1 heterocycles. The number of methoxy groups -OCH3 is 1. The minimum atomic E-state index is 0.391. The lowest BCUT2D eigenvalue weighted by Crippen LogP contribution is -2.39. The highest BCUT2D eigenvalue weighted by atomic mass is 79.9. The number of rotatable bonds is 3. The largest absolute Gasteiger partial charge is 0.387 e. The molecule has 64 valence electrons. The Bertz CT molecular complexity index is 140. The van der Waals surface area contributed by atoms with Gasteiger partial charge in [-0.1, -0.05) is 15.9 Å². The maximum atomic E-state index is 4.98. The smallest absolute Gasteiger partial charge is 0.101 e. The van der Waals surface area contributed by atoms with E-state index in [1.807, 2.05) is 12.4 Å². The van der Waals surface area contributed by atoms with E-state index in [1.165, 1.54) is 0 Å². The second-order valence-electron chi connectivity index (χ2n) is 2.39. The van der Waals surface area contributed by atoms with Gasteiger partial charge in [-0.05, 0) is 0 Å². The van der Waals surface area contributed by atoms with Gasteiger partial charge in [0, 0.05) is 32.6 Å². The van der Waals surface area contributed by atoms with Crippen molar-refractivity contribution in [1.82, 2.24) is 10.2 Å². The van der Waals surface area contributed by atoms with Crippen LogP contribution in [-0.4, -0.2) is 36.7 Å². The van der Waals surface area contributed by atoms with Crippen molar-refractivity contribution in [2.75, 3.05) is 26.8 Å². The molecule has 0 aliphatic carbocycles. The summed E-state index contributed by atoms with van der Waals surface area (Å²) in [5.74, 6) is 0. The average molecular weight is 221 g/mol. The number of ether oxygens (including phenoxy) is 1. The maximum absolute atomic E-state index is 4.98. The summed E-state index contributed by atoms with van der Waals surface area (Å²) in [4.78, 5) is 2.59. The molecule has 0 spiro atoms. The van der Waals surface area contributed by atoms with Gasteiger partial charge in [0.15, 0.2) is 0 Å². The van der Waals surface area contributed by atoms with Crippen LogP contribution in [-0.2, 0) is 4.74 Å². The van der Waals surface area contributed by atoms with Crippen LogP contribution in [0.5, 0.6) is 0 Å². The predicted octanol–water partition coefficient (Wildman–Crippen LogP) is 0.730. The van der Waals surface area contributed by atoms with Gasteiger partial charge in [-0.2, -0.15) is 0 Å². The van der Waals surface area contributed by atoms with Gasteiger partial charge < -0.3 is 15.0 Å². The number of hydrogen-bond acceptors (Lipinski definition) is 3. The molecule has 1 rings (SSSR count). The average Bonchev–Trinajstić information content (AvgIpc) is 2.03. The lowest BCUT2D eigenvalue weighted by Gasteiger charge is -2.29. The van der Waals surface area contributed by atoms with Crippen molar-refractivity contribution in [1.29, 1.82) is 0 Å². The summed E-state index contributed by atoms with van der Waals surface area (Å²) in [6.45, 7) is 2.65. The van der Waals surface area contributed by atoms with Crippen LogP contribution in [0.25, 0.3) is 0 Å². The maximum Gasteiger partial charge on any atom is 0.101 e. The van der Waals surface area contributed by atoms with Gasteiger partial charge in [-0.15, -0.1) is 0 Å². The van der Waals surface area contributed by atoms with E-state index >= 15 is 0 Å². The number of nitrogens with zero attached hydrogens (tertiary/aromatic N) is 1. The molecule has 0 bridgehead atoms. The zero-order valence-corrected chi connectivity index (χ0v) is 8.17. The molecule has 0 aromatic rings. The molecule has 0 radical (unpaired) electrons. The van der Waals surface area contributed by atoms with Gasteiger partial charge >= 0.3 is 0 Å². The number of nitrogens with one attached hydrogen (secondary N) is 1. The topological polar surface area (TPSA) is 24.5 Å². The molecular formula is C7H13BrN2O. The van der Waals surface area contributed by atoms with Crippen molar-refractivity contribution in [3.8, 4) is 0 Å². The van der Waals surface area contributed by atoms with Crippen LogP contribution in [0.3, 0.4) is 0 Å². The summed E-state index contributed by atoms with van der Waals surface area (Å²) < 4.78 is 4.98. The fourth-order valence-electron chi connectivity index (χ4n) is 0.936. The Morgan fingerprint density at radius 1 is 1.82 bits per heavy atom. The van der Waals surface area contributed by atoms with Crippen molar-refractivity contribution >= 4 is 15.9 Å². The van der Waals surface area contributed by atoms with Crippen LogP contribution in [0.4, 0.5) is 0 Å². The van der Waals surface area contributed by atoms with E-state index in [1.54, 1.807) is 7.11 Å². The van der Waals surface area contributed by atoms with Crippen molar-refractivity contribution in [3.63, 3.8) is 0 Å². The minimum absolute atomic E-state index is 0.391. The van der Waals surface area contributed by atoms with Gasteiger partial charge in [0.25, 0.3) is 0 Å². The van der Waals surface area contributed by atoms with Crippen LogP contribution in [0, 0.1) is 0 Å². The zero-order chi connectivity index (χ0) is 8.10. The van der Waals surface area contributed by atoms with E-state index in [2.05, 4.69) is 26.1 Å². The van der Waals surface area contributed by atoms with E-state index in [0.717, 1.165) is 19.7 Å². The van der Waals surface area contributed by atoms with Gasteiger partial charge in [-0.25, -0.2) is 0 Å². The molecular weight excluding hydrogens is 208 g/mol. The van der Waals surface area contributed by atoms with Crippen molar-refractivity contribution < 1.29 is 4.74 Å². The minimum Gasteiger partial charge on any atom is -0.387 e. The molecule has 11 heavy (non-hydrogen) atoms. The molecule has 1 N–H and O–H groups in total. The Labute approximate surface area is 75.5 Å². The van der Waals surface area contributed by atoms with Crippen LogP contribution in [0.1, 0.15) is 0 Å². The van der Waals surface area contributed by atoms with E-state index < -0.39 is 0 Å². The fourth-order valence-corrected chi connectivity index (χ4v) is 1.46. The van der Waals surface area contributed by atoms with E-state index in [-0.39, 0.29) is 0 Å². The first-order valence-electron chi connectivity index (χ1n) is 3.63. The third-order valence-corrected chi connectivity index (χ3v) is 2.43. The highest BCUT2D eigenvalue weighted by molar-refractivity contribution is 9.09. The first-order chi connectivity index (χ1) is 5.34. The quantitative estimate of drug-likeness (QED) is 0.561. The van der Waals surface area contributed by atoms with Crippen molar-refractivity contribution in [3.05, 3.63) is 12.4 Å². The lowest BCUT2D eigenvalue weighted by molar-refractivity contribution is 0.164. The monoisotopic (exact) mass is 220 g/mol. The Hall–Kier alpha value is -0.220.